The Balaban J connectivity index is 1.24. The van der Waals surface area contributed by atoms with E-state index < -0.39 is 0 Å². The third-order valence-electron chi connectivity index (χ3n) is 6.91. The molecule has 2 saturated heterocycles. The number of fused-ring (bicyclic) bond motifs is 2. The maximum absolute atomic E-state index is 13.2. The average molecular weight is 395 g/mol. The van der Waals surface area contributed by atoms with E-state index in [-0.39, 0.29) is 5.92 Å². The number of nitrogens with zero attached hydrogens (tertiary/aromatic N) is 2. The van der Waals surface area contributed by atoms with Crippen molar-refractivity contribution in [2.24, 2.45) is 11.8 Å². The maximum atomic E-state index is 13.2. The van der Waals surface area contributed by atoms with Gasteiger partial charge in [-0.3, -0.25) is 9.69 Å². The van der Waals surface area contributed by atoms with E-state index in [1.165, 1.54) is 27.8 Å². The molecule has 148 valence electrons. The molecule has 1 aromatic heterocycles. The van der Waals surface area contributed by atoms with E-state index in [1.54, 1.807) is 0 Å². The van der Waals surface area contributed by atoms with Gasteiger partial charge in [0.15, 0.2) is 0 Å². The third-order valence-corrected chi connectivity index (χ3v) is 8.01. The molecule has 3 aliphatic rings. The Hall–Kier alpha value is -1.65. The van der Waals surface area contributed by atoms with Crippen molar-refractivity contribution in [1.82, 2.24) is 9.80 Å². The monoisotopic (exact) mass is 394 g/mol. The van der Waals surface area contributed by atoms with E-state index in [0.29, 0.717) is 17.9 Å². The molecule has 28 heavy (non-hydrogen) atoms. The average Bonchev–Trinajstić information content (AvgIpc) is 3.15. The minimum absolute atomic E-state index is 0.236. The molecule has 1 aromatic carbocycles. The Morgan fingerprint density at radius 1 is 1.11 bits per heavy atom. The second-order valence-corrected chi connectivity index (χ2v) is 9.93. The number of rotatable bonds is 3. The van der Waals surface area contributed by atoms with E-state index in [1.807, 2.05) is 11.3 Å². The lowest BCUT2D eigenvalue weighted by atomic mass is 9.82. The van der Waals surface area contributed by atoms with Crippen molar-refractivity contribution in [1.29, 1.82) is 0 Å². The van der Waals surface area contributed by atoms with E-state index in [2.05, 4.69) is 52.3 Å². The molecule has 4 heteroatoms. The molecule has 0 N–H and O–H groups in total. The molecule has 3 nitrogen and oxygen atoms in total. The largest absolute Gasteiger partial charge is 0.339 e. The summed E-state index contributed by atoms with van der Waals surface area (Å²) < 4.78 is 1.39. The first-order valence-electron chi connectivity index (χ1n) is 10.9. The van der Waals surface area contributed by atoms with Crippen LogP contribution in [0.25, 0.3) is 10.1 Å². The van der Waals surface area contributed by atoms with Gasteiger partial charge >= 0.3 is 0 Å². The topological polar surface area (TPSA) is 23.6 Å². The molecule has 3 atom stereocenters. The van der Waals surface area contributed by atoms with Crippen LogP contribution in [-0.4, -0.2) is 41.4 Å². The van der Waals surface area contributed by atoms with Crippen molar-refractivity contribution < 1.29 is 4.79 Å². The van der Waals surface area contributed by atoms with Gasteiger partial charge in [-0.15, -0.1) is 11.3 Å². The van der Waals surface area contributed by atoms with Crippen LogP contribution in [0.5, 0.6) is 0 Å². The molecule has 1 aliphatic carbocycles. The number of carbonyl (C=O) groups excluding carboxylic acids is 1. The highest BCUT2D eigenvalue weighted by Crippen LogP contribution is 2.34. The van der Waals surface area contributed by atoms with Crippen molar-refractivity contribution in [2.45, 2.75) is 51.1 Å². The van der Waals surface area contributed by atoms with Gasteiger partial charge in [-0.2, -0.15) is 0 Å². The molecule has 1 unspecified atom stereocenters. The van der Waals surface area contributed by atoms with Gasteiger partial charge < -0.3 is 4.90 Å². The summed E-state index contributed by atoms with van der Waals surface area (Å²) in [4.78, 5) is 19.5. The fraction of sp³-hybridized carbons (Fsp3) is 0.542. The number of hydrogen-bond acceptors (Lipinski definition) is 3. The van der Waals surface area contributed by atoms with Crippen LogP contribution in [-0.2, 0) is 11.3 Å². The number of carbonyl (C=O) groups is 1. The first kappa shape index (κ1) is 18.4. The number of thiophene rings is 1. The normalized spacial score (nSPS) is 28.4. The molecular weight excluding hydrogens is 364 g/mol. The van der Waals surface area contributed by atoms with Crippen LogP contribution in [0.3, 0.4) is 0 Å². The molecule has 5 rings (SSSR count). The van der Waals surface area contributed by atoms with Gasteiger partial charge in [0, 0.05) is 47.7 Å². The fourth-order valence-corrected chi connectivity index (χ4v) is 6.59. The van der Waals surface area contributed by atoms with Crippen molar-refractivity contribution >= 4 is 27.3 Å². The third kappa shape index (κ3) is 3.65. The lowest BCUT2D eigenvalue weighted by Gasteiger charge is -2.48. The van der Waals surface area contributed by atoms with Gasteiger partial charge in [0.05, 0.1) is 0 Å². The molecule has 2 aliphatic heterocycles. The second kappa shape index (κ2) is 8.00. The number of allylic oxidation sites excluding steroid dienone is 2. The molecular formula is C24H30N2OS. The van der Waals surface area contributed by atoms with Crippen molar-refractivity contribution in [2.75, 3.05) is 19.6 Å². The fourth-order valence-electron chi connectivity index (χ4n) is 5.48. The van der Waals surface area contributed by atoms with Crippen LogP contribution in [0.4, 0.5) is 0 Å². The SMILES string of the molecule is O=C(C1CC=CCC1)N1CCC[C@@H]2CN(Cc3cc4ccccc4s3)CC[C@@H]21. The quantitative estimate of drug-likeness (QED) is 0.679. The van der Waals surface area contributed by atoms with Crippen molar-refractivity contribution in [3.8, 4) is 0 Å². The van der Waals surface area contributed by atoms with Gasteiger partial charge in [0.2, 0.25) is 5.91 Å². The number of likely N-dealkylation sites (tertiary alicyclic amines) is 2. The minimum atomic E-state index is 0.236. The summed E-state index contributed by atoms with van der Waals surface area (Å²) in [6.07, 6.45) is 11.1. The molecule has 2 aromatic rings. The molecule has 0 saturated carbocycles. The Labute approximate surface area is 172 Å². The minimum Gasteiger partial charge on any atom is -0.339 e. The van der Waals surface area contributed by atoms with Gasteiger partial charge in [-0.25, -0.2) is 0 Å². The summed E-state index contributed by atoms with van der Waals surface area (Å²) in [7, 11) is 0. The number of piperidine rings is 2. The van der Waals surface area contributed by atoms with Crippen LogP contribution in [0.2, 0.25) is 0 Å². The Morgan fingerprint density at radius 2 is 2.04 bits per heavy atom. The highest BCUT2D eigenvalue weighted by molar-refractivity contribution is 7.19. The van der Waals surface area contributed by atoms with E-state index in [0.717, 1.165) is 51.9 Å². The zero-order valence-electron chi connectivity index (χ0n) is 16.6. The summed E-state index contributed by atoms with van der Waals surface area (Å²) in [6.45, 7) is 4.30. The summed E-state index contributed by atoms with van der Waals surface area (Å²) in [5, 5.41) is 1.37. The molecule has 0 spiro atoms. The zero-order valence-corrected chi connectivity index (χ0v) is 17.4. The van der Waals surface area contributed by atoms with Crippen molar-refractivity contribution in [3.05, 3.63) is 47.4 Å². The lowest BCUT2D eigenvalue weighted by molar-refractivity contribution is -0.143. The van der Waals surface area contributed by atoms with E-state index in [9.17, 15) is 4.79 Å². The standard InChI is InChI=1S/C24H30N2OS/c27-24(18-7-2-1-3-8-18)26-13-6-10-20-16-25(14-12-22(20)26)17-21-15-19-9-4-5-11-23(19)28-21/h1-2,4-5,9,11,15,18,20,22H,3,6-8,10,12-14,16-17H2/t18?,20-,22+/m1/s1. The first-order valence-corrected chi connectivity index (χ1v) is 11.7. The van der Waals surface area contributed by atoms with Gasteiger partial charge in [-0.05, 0) is 62.0 Å². The highest BCUT2D eigenvalue weighted by atomic mass is 32.1. The van der Waals surface area contributed by atoms with Gasteiger partial charge in [0.25, 0.3) is 0 Å². The van der Waals surface area contributed by atoms with Crippen LogP contribution in [0.15, 0.2) is 42.5 Å². The first-order chi connectivity index (χ1) is 13.8. The highest BCUT2D eigenvalue weighted by Gasteiger charge is 2.39. The summed E-state index contributed by atoms with van der Waals surface area (Å²) in [5.41, 5.74) is 0. The zero-order chi connectivity index (χ0) is 18.9. The van der Waals surface area contributed by atoms with Crippen LogP contribution in [0.1, 0.15) is 43.4 Å². The second-order valence-electron chi connectivity index (χ2n) is 8.76. The summed E-state index contributed by atoms with van der Waals surface area (Å²) >= 11 is 1.93. The summed E-state index contributed by atoms with van der Waals surface area (Å²) in [5.74, 6) is 1.33. The number of hydrogen-bond donors (Lipinski definition) is 0. The molecule has 2 fully saturated rings. The smallest absolute Gasteiger partial charge is 0.226 e. The molecule has 0 bridgehead atoms. The Morgan fingerprint density at radius 3 is 2.89 bits per heavy atom. The summed E-state index contributed by atoms with van der Waals surface area (Å²) in [6, 6.07) is 11.5. The predicted molar refractivity (Wildman–Crippen MR) is 116 cm³/mol. The Bertz CT molecular complexity index is 839. The van der Waals surface area contributed by atoms with Crippen LogP contribution >= 0.6 is 11.3 Å². The molecule has 3 heterocycles. The maximum Gasteiger partial charge on any atom is 0.226 e. The predicted octanol–water partition coefficient (Wildman–Crippen LogP) is 5.07. The van der Waals surface area contributed by atoms with Crippen molar-refractivity contribution in [3.63, 3.8) is 0 Å². The number of benzene rings is 1. The van der Waals surface area contributed by atoms with Crippen LogP contribution in [0, 0.1) is 11.8 Å². The molecule has 1 amide bonds. The lowest BCUT2D eigenvalue weighted by Crippen LogP contribution is -2.56. The van der Waals surface area contributed by atoms with Gasteiger partial charge in [-0.1, -0.05) is 30.4 Å². The Kier molecular flexibility index (Phi) is 5.25. The van der Waals surface area contributed by atoms with E-state index in [4.69, 9.17) is 0 Å². The van der Waals surface area contributed by atoms with E-state index >= 15 is 0 Å². The van der Waals surface area contributed by atoms with Crippen LogP contribution < -0.4 is 0 Å². The number of amides is 1. The molecule has 0 radical (unpaired) electrons. The van der Waals surface area contributed by atoms with Gasteiger partial charge in [0.1, 0.15) is 0 Å².